The molecule has 2 saturated heterocycles. The second kappa shape index (κ2) is 3.49. The summed E-state index contributed by atoms with van der Waals surface area (Å²) in [6.45, 7) is 5.31. The van der Waals surface area contributed by atoms with Gasteiger partial charge in [-0.1, -0.05) is 0 Å². The Labute approximate surface area is 87.0 Å². The number of hydrogen-bond acceptors (Lipinski definition) is 2. The van der Waals surface area contributed by atoms with Gasteiger partial charge in [-0.05, 0) is 57.5 Å². The molecule has 2 heterocycles. The van der Waals surface area contributed by atoms with Gasteiger partial charge in [-0.2, -0.15) is 0 Å². The number of piperidine rings is 1. The van der Waals surface area contributed by atoms with Crippen LogP contribution < -0.4 is 5.32 Å². The van der Waals surface area contributed by atoms with E-state index in [2.05, 4.69) is 10.2 Å². The molecule has 0 aromatic rings. The van der Waals surface area contributed by atoms with Crippen molar-refractivity contribution in [3.8, 4) is 0 Å². The quantitative estimate of drug-likeness (QED) is 0.718. The summed E-state index contributed by atoms with van der Waals surface area (Å²) in [7, 11) is 0. The maximum absolute atomic E-state index is 3.45. The Morgan fingerprint density at radius 1 is 1.14 bits per heavy atom. The molecule has 0 aromatic heterocycles. The van der Waals surface area contributed by atoms with E-state index < -0.39 is 0 Å². The lowest BCUT2D eigenvalue weighted by molar-refractivity contribution is -0.0827. The second-order valence-electron chi connectivity index (χ2n) is 5.47. The zero-order valence-electron chi connectivity index (χ0n) is 9.10. The molecule has 2 heteroatoms. The zero-order valence-corrected chi connectivity index (χ0v) is 9.10. The van der Waals surface area contributed by atoms with Crippen LogP contribution in [-0.2, 0) is 0 Å². The minimum atomic E-state index is 0.727. The van der Waals surface area contributed by atoms with Crippen LogP contribution in [0.3, 0.4) is 0 Å². The van der Waals surface area contributed by atoms with Crippen molar-refractivity contribution in [3.05, 3.63) is 0 Å². The third-order valence-electron chi connectivity index (χ3n) is 4.74. The lowest BCUT2D eigenvalue weighted by Crippen LogP contribution is -2.64. The summed E-state index contributed by atoms with van der Waals surface area (Å²) < 4.78 is 0. The summed E-state index contributed by atoms with van der Waals surface area (Å²) in [5.41, 5.74) is 0.727. The molecule has 14 heavy (non-hydrogen) atoms. The normalized spacial score (nSPS) is 32.6. The standard InChI is InChI=1S/C12H22N2/c1-4-12(5-1)6-9-14(12)10-11-2-7-13-8-3-11/h11,13H,1-10H2. The van der Waals surface area contributed by atoms with Crippen LogP contribution in [0, 0.1) is 5.92 Å². The van der Waals surface area contributed by atoms with E-state index in [1.807, 2.05) is 0 Å². The van der Waals surface area contributed by atoms with Gasteiger partial charge in [0.05, 0.1) is 0 Å². The van der Waals surface area contributed by atoms with Crippen LogP contribution in [-0.4, -0.2) is 36.6 Å². The van der Waals surface area contributed by atoms with Crippen molar-refractivity contribution >= 4 is 0 Å². The van der Waals surface area contributed by atoms with Crippen LogP contribution in [0.25, 0.3) is 0 Å². The molecule has 0 atom stereocenters. The molecule has 0 radical (unpaired) electrons. The summed E-state index contributed by atoms with van der Waals surface area (Å²) in [6, 6.07) is 0. The highest BCUT2D eigenvalue weighted by Crippen LogP contribution is 2.47. The molecule has 3 fully saturated rings. The van der Waals surface area contributed by atoms with E-state index in [9.17, 15) is 0 Å². The van der Waals surface area contributed by atoms with E-state index in [-0.39, 0.29) is 0 Å². The highest BCUT2D eigenvalue weighted by atomic mass is 15.3. The van der Waals surface area contributed by atoms with Crippen LogP contribution >= 0.6 is 0 Å². The predicted octanol–water partition coefficient (Wildman–Crippen LogP) is 1.61. The average molecular weight is 194 g/mol. The van der Waals surface area contributed by atoms with Crippen molar-refractivity contribution < 1.29 is 0 Å². The maximum atomic E-state index is 3.45. The number of hydrogen-bond donors (Lipinski definition) is 1. The summed E-state index contributed by atoms with van der Waals surface area (Å²) in [6.07, 6.45) is 8.80. The van der Waals surface area contributed by atoms with Gasteiger partial charge in [-0.25, -0.2) is 0 Å². The molecule has 2 nitrogen and oxygen atoms in total. The third kappa shape index (κ3) is 1.40. The summed E-state index contributed by atoms with van der Waals surface area (Å²) >= 11 is 0. The minimum Gasteiger partial charge on any atom is -0.317 e. The third-order valence-corrected chi connectivity index (χ3v) is 4.74. The molecule has 0 unspecified atom stereocenters. The van der Waals surface area contributed by atoms with E-state index in [0.717, 1.165) is 11.5 Å². The molecular weight excluding hydrogens is 172 g/mol. The lowest BCUT2D eigenvalue weighted by Gasteiger charge is -2.59. The molecule has 0 aromatic carbocycles. The first kappa shape index (κ1) is 9.17. The number of rotatable bonds is 2. The fourth-order valence-electron chi connectivity index (χ4n) is 3.40. The Hall–Kier alpha value is -0.0800. The average Bonchev–Trinajstić information content (AvgIpc) is 2.12. The van der Waals surface area contributed by atoms with Crippen molar-refractivity contribution in [1.29, 1.82) is 0 Å². The van der Waals surface area contributed by atoms with Crippen molar-refractivity contribution in [2.24, 2.45) is 5.92 Å². The molecule has 0 amide bonds. The molecule has 3 aliphatic rings. The van der Waals surface area contributed by atoms with Gasteiger partial charge < -0.3 is 5.32 Å². The maximum Gasteiger partial charge on any atom is 0.0221 e. The van der Waals surface area contributed by atoms with Gasteiger partial charge in [0.25, 0.3) is 0 Å². The molecule has 1 saturated carbocycles. The van der Waals surface area contributed by atoms with Crippen LogP contribution in [0.4, 0.5) is 0 Å². The SMILES string of the molecule is C1CC2(C1)CCN2CC1CCNCC1. The first-order valence-corrected chi connectivity index (χ1v) is 6.35. The number of nitrogens with zero attached hydrogens (tertiary/aromatic N) is 1. The molecule has 2 aliphatic heterocycles. The van der Waals surface area contributed by atoms with Crippen LogP contribution in [0.2, 0.25) is 0 Å². The van der Waals surface area contributed by atoms with Crippen LogP contribution in [0.15, 0.2) is 0 Å². The lowest BCUT2D eigenvalue weighted by atomic mass is 9.67. The molecule has 1 N–H and O–H groups in total. The van der Waals surface area contributed by atoms with Gasteiger partial charge in [0.15, 0.2) is 0 Å². The van der Waals surface area contributed by atoms with Crippen LogP contribution in [0.1, 0.15) is 38.5 Å². The van der Waals surface area contributed by atoms with Crippen molar-refractivity contribution in [1.82, 2.24) is 10.2 Å². The van der Waals surface area contributed by atoms with E-state index in [1.165, 1.54) is 64.7 Å². The second-order valence-corrected chi connectivity index (χ2v) is 5.47. The van der Waals surface area contributed by atoms with E-state index >= 15 is 0 Å². The molecule has 1 spiro atoms. The van der Waals surface area contributed by atoms with Crippen molar-refractivity contribution in [2.75, 3.05) is 26.2 Å². The Morgan fingerprint density at radius 2 is 1.93 bits per heavy atom. The van der Waals surface area contributed by atoms with Crippen molar-refractivity contribution in [3.63, 3.8) is 0 Å². The Balaban J connectivity index is 1.51. The molecule has 0 bridgehead atoms. The number of nitrogens with one attached hydrogen (secondary N) is 1. The molecule has 1 aliphatic carbocycles. The smallest absolute Gasteiger partial charge is 0.0221 e. The fraction of sp³-hybridized carbons (Fsp3) is 1.00. The highest BCUT2D eigenvalue weighted by molar-refractivity contribution is 5.05. The Bertz CT molecular complexity index is 199. The van der Waals surface area contributed by atoms with Crippen molar-refractivity contribution in [2.45, 2.75) is 44.1 Å². The Kier molecular flexibility index (Phi) is 2.29. The minimum absolute atomic E-state index is 0.727. The Morgan fingerprint density at radius 3 is 2.43 bits per heavy atom. The monoisotopic (exact) mass is 194 g/mol. The van der Waals surface area contributed by atoms with Gasteiger partial charge in [0.1, 0.15) is 0 Å². The summed E-state index contributed by atoms with van der Waals surface area (Å²) in [4.78, 5) is 2.80. The molecule has 3 rings (SSSR count). The summed E-state index contributed by atoms with van der Waals surface area (Å²) in [5, 5.41) is 3.45. The van der Waals surface area contributed by atoms with E-state index in [4.69, 9.17) is 0 Å². The number of likely N-dealkylation sites (tertiary alicyclic amines) is 1. The first-order chi connectivity index (χ1) is 6.89. The summed E-state index contributed by atoms with van der Waals surface area (Å²) in [5.74, 6) is 0.994. The van der Waals surface area contributed by atoms with E-state index in [1.54, 1.807) is 0 Å². The predicted molar refractivity (Wildman–Crippen MR) is 58.4 cm³/mol. The van der Waals surface area contributed by atoms with Gasteiger partial charge in [-0.3, -0.25) is 4.90 Å². The van der Waals surface area contributed by atoms with Gasteiger partial charge in [-0.15, -0.1) is 0 Å². The fourth-order valence-corrected chi connectivity index (χ4v) is 3.40. The van der Waals surface area contributed by atoms with Gasteiger partial charge >= 0.3 is 0 Å². The van der Waals surface area contributed by atoms with Crippen LogP contribution in [0.5, 0.6) is 0 Å². The van der Waals surface area contributed by atoms with E-state index in [0.29, 0.717) is 0 Å². The topological polar surface area (TPSA) is 15.3 Å². The molecule has 80 valence electrons. The zero-order chi connectivity index (χ0) is 9.43. The largest absolute Gasteiger partial charge is 0.317 e. The van der Waals surface area contributed by atoms with Gasteiger partial charge in [0.2, 0.25) is 0 Å². The first-order valence-electron chi connectivity index (χ1n) is 6.35. The van der Waals surface area contributed by atoms with Gasteiger partial charge in [0, 0.05) is 18.6 Å². The molecular formula is C12H22N2. The highest BCUT2D eigenvalue weighted by Gasteiger charge is 2.48.